The maximum atomic E-state index is 12.6. The van der Waals surface area contributed by atoms with E-state index in [2.05, 4.69) is 10.3 Å². The third-order valence-corrected chi connectivity index (χ3v) is 6.58. The molecule has 9 heteroatoms. The highest BCUT2D eigenvalue weighted by Crippen LogP contribution is 2.25. The lowest BCUT2D eigenvalue weighted by atomic mass is 10.1. The summed E-state index contributed by atoms with van der Waals surface area (Å²) in [5, 5.41) is 6.78. The Kier molecular flexibility index (Phi) is 6.43. The number of aryl methyl sites for hydroxylation is 1. The van der Waals surface area contributed by atoms with Gasteiger partial charge in [0.05, 0.1) is 10.6 Å². The molecule has 1 aliphatic heterocycles. The summed E-state index contributed by atoms with van der Waals surface area (Å²) in [6.45, 7) is 2.10. The Balaban J connectivity index is 1.30. The van der Waals surface area contributed by atoms with E-state index in [0.29, 0.717) is 23.0 Å². The van der Waals surface area contributed by atoms with Gasteiger partial charge in [0, 0.05) is 17.5 Å². The molecule has 3 aromatic rings. The Morgan fingerprint density at radius 2 is 2.00 bits per heavy atom. The lowest BCUT2D eigenvalue weighted by Gasteiger charge is -2.22. The molecule has 1 N–H and O–H groups in total. The number of likely N-dealkylation sites (tertiary alicyclic amines) is 1. The molecule has 0 spiro atoms. The smallest absolute Gasteiger partial charge is 0.329 e. The molecule has 1 fully saturated rings. The van der Waals surface area contributed by atoms with Gasteiger partial charge in [-0.15, -0.1) is 22.7 Å². The van der Waals surface area contributed by atoms with Crippen molar-refractivity contribution in [3.05, 3.63) is 57.6 Å². The first-order chi connectivity index (χ1) is 15.0. The summed E-state index contributed by atoms with van der Waals surface area (Å²) in [5.74, 6) is -1.20. The number of anilines is 1. The van der Waals surface area contributed by atoms with E-state index < -0.39 is 24.5 Å². The van der Waals surface area contributed by atoms with Gasteiger partial charge in [-0.1, -0.05) is 35.9 Å². The second-order valence-electron chi connectivity index (χ2n) is 7.19. The van der Waals surface area contributed by atoms with E-state index in [0.717, 1.165) is 23.2 Å². The van der Waals surface area contributed by atoms with Crippen molar-refractivity contribution in [3.8, 4) is 11.3 Å². The summed E-state index contributed by atoms with van der Waals surface area (Å²) in [6, 6.07) is 10.8. The van der Waals surface area contributed by atoms with E-state index in [1.807, 2.05) is 41.9 Å². The van der Waals surface area contributed by atoms with Crippen LogP contribution in [0.15, 0.2) is 47.2 Å². The molecule has 4 rings (SSSR count). The monoisotopic (exact) mass is 455 g/mol. The number of carbonyl (C=O) groups is 3. The molecule has 1 aliphatic rings. The molecule has 1 atom stereocenters. The molecule has 0 radical (unpaired) electrons. The van der Waals surface area contributed by atoms with Gasteiger partial charge in [0.25, 0.3) is 11.8 Å². The number of amides is 2. The lowest BCUT2D eigenvalue weighted by Crippen LogP contribution is -2.41. The molecule has 0 bridgehead atoms. The average molecular weight is 456 g/mol. The van der Waals surface area contributed by atoms with Crippen LogP contribution in [-0.2, 0) is 14.3 Å². The molecule has 2 amide bonds. The summed E-state index contributed by atoms with van der Waals surface area (Å²) in [6.07, 6.45) is 1.26. The highest BCUT2D eigenvalue weighted by atomic mass is 32.1. The van der Waals surface area contributed by atoms with Crippen LogP contribution in [0.1, 0.15) is 28.1 Å². The molecule has 3 heterocycles. The number of rotatable bonds is 6. The average Bonchev–Trinajstić information content (AvgIpc) is 3.53. The number of thiazole rings is 1. The first-order valence-corrected chi connectivity index (χ1v) is 11.6. The molecule has 1 aromatic carbocycles. The van der Waals surface area contributed by atoms with Crippen molar-refractivity contribution in [2.45, 2.75) is 25.8 Å². The topological polar surface area (TPSA) is 88.6 Å². The molecule has 1 saturated heterocycles. The van der Waals surface area contributed by atoms with Gasteiger partial charge >= 0.3 is 5.97 Å². The van der Waals surface area contributed by atoms with E-state index in [9.17, 15) is 14.4 Å². The van der Waals surface area contributed by atoms with E-state index in [1.165, 1.54) is 27.6 Å². The molecule has 0 aliphatic carbocycles. The highest BCUT2D eigenvalue weighted by Gasteiger charge is 2.36. The van der Waals surface area contributed by atoms with Crippen LogP contribution in [-0.4, -0.2) is 46.9 Å². The van der Waals surface area contributed by atoms with Gasteiger partial charge in [-0.05, 0) is 31.2 Å². The van der Waals surface area contributed by atoms with Crippen LogP contribution >= 0.6 is 22.7 Å². The third-order valence-electron chi connectivity index (χ3n) is 4.96. The van der Waals surface area contributed by atoms with Crippen LogP contribution in [0, 0.1) is 6.92 Å². The van der Waals surface area contributed by atoms with Gasteiger partial charge in [0.1, 0.15) is 6.04 Å². The number of nitrogens with one attached hydrogen (secondary N) is 1. The molecule has 0 saturated carbocycles. The Hall–Kier alpha value is -3.04. The third kappa shape index (κ3) is 5.00. The number of ether oxygens (including phenoxy) is 1. The number of benzene rings is 1. The largest absolute Gasteiger partial charge is 0.454 e. The summed E-state index contributed by atoms with van der Waals surface area (Å²) < 4.78 is 5.20. The summed E-state index contributed by atoms with van der Waals surface area (Å²) in [4.78, 5) is 43.8. The predicted octanol–water partition coefficient (Wildman–Crippen LogP) is 3.97. The molecular formula is C22H21N3O4S2. The lowest BCUT2D eigenvalue weighted by molar-refractivity contribution is -0.151. The normalized spacial score (nSPS) is 15.6. The number of thiophene rings is 1. The van der Waals surface area contributed by atoms with E-state index >= 15 is 0 Å². The molecule has 0 unspecified atom stereocenters. The zero-order valence-electron chi connectivity index (χ0n) is 16.9. The first-order valence-electron chi connectivity index (χ1n) is 9.85. The quantitative estimate of drug-likeness (QED) is 0.568. The fourth-order valence-electron chi connectivity index (χ4n) is 3.37. The molecule has 31 heavy (non-hydrogen) atoms. The fraction of sp³-hybridized carbons (Fsp3) is 0.273. The second-order valence-corrected chi connectivity index (χ2v) is 9.00. The zero-order valence-corrected chi connectivity index (χ0v) is 18.5. The van der Waals surface area contributed by atoms with Crippen molar-refractivity contribution in [1.82, 2.24) is 9.88 Å². The maximum Gasteiger partial charge on any atom is 0.329 e. The minimum absolute atomic E-state index is 0.176. The Morgan fingerprint density at radius 3 is 2.74 bits per heavy atom. The number of carbonyl (C=O) groups excluding carboxylic acids is 3. The minimum Gasteiger partial charge on any atom is -0.454 e. The van der Waals surface area contributed by atoms with Crippen molar-refractivity contribution >= 4 is 45.6 Å². The van der Waals surface area contributed by atoms with Gasteiger partial charge in [-0.25, -0.2) is 9.78 Å². The Morgan fingerprint density at radius 1 is 1.19 bits per heavy atom. The molecule has 7 nitrogen and oxygen atoms in total. The van der Waals surface area contributed by atoms with Crippen LogP contribution < -0.4 is 5.32 Å². The number of esters is 1. The summed E-state index contributed by atoms with van der Waals surface area (Å²) >= 11 is 2.64. The van der Waals surface area contributed by atoms with Gasteiger partial charge in [0.15, 0.2) is 11.7 Å². The van der Waals surface area contributed by atoms with Crippen LogP contribution in [0.4, 0.5) is 5.13 Å². The number of hydrogen-bond acceptors (Lipinski definition) is 7. The van der Waals surface area contributed by atoms with Crippen molar-refractivity contribution in [3.63, 3.8) is 0 Å². The van der Waals surface area contributed by atoms with Gasteiger partial charge in [-0.3, -0.25) is 14.9 Å². The van der Waals surface area contributed by atoms with Crippen LogP contribution in [0.2, 0.25) is 0 Å². The van der Waals surface area contributed by atoms with Crippen molar-refractivity contribution in [1.29, 1.82) is 0 Å². The molecule has 2 aromatic heterocycles. The SMILES string of the molecule is Cc1ccc(-c2csc(NC(=O)COC(=O)[C@@H]3CCCN3C(=O)c3cccs3)n2)cc1. The minimum atomic E-state index is -0.657. The van der Waals surface area contributed by atoms with Gasteiger partial charge < -0.3 is 9.64 Å². The van der Waals surface area contributed by atoms with Gasteiger partial charge in [-0.2, -0.15) is 0 Å². The van der Waals surface area contributed by atoms with E-state index in [-0.39, 0.29) is 5.91 Å². The zero-order chi connectivity index (χ0) is 21.8. The number of aromatic nitrogens is 1. The number of hydrogen-bond donors (Lipinski definition) is 1. The fourth-order valence-corrected chi connectivity index (χ4v) is 4.79. The summed E-state index contributed by atoms with van der Waals surface area (Å²) in [7, 11) is 0. The second kappa shape index (κ2) is 9.40. The van der Waals surface area contributed by atoms with Crippen LogP contribution in [0.5, 0.6) is 0 Å². The van der Waals surface area contributed by atoms with Gasteiger partial charge in [0.2, 0.25) is 0 Å². The highest BCUT2D eigenvalue weighted by molar-refractivity contribution is 7.14. The predicted molar refractivity (Wildman–Crippen MR) is 120 cm³/mol. The van der Waals surface area contributed by atoms with Crippen molar-refractivity contribution in [2.75, 3.05) is 18.5 Å². The van der Waals surface area contributed by atoms with E-state index in [1.54, 1.807) is 12.1 Å². The van der Waals surface area contributed by atoms with Crippen LogP contribution in [0.25, 0.3) is 11.3 Å². The number of nitrogens with zero attached hydrogens (tertiary/aromatic N) is 2. The molecular weight excluding hydrogens is 434 g/mol. The Bertz CT molecular complexity index is 1080. The maximum absolute atomic E-state index is 12.6. The molecule has 160 valence electrons. The van der Waals surface area contributed by atoms with Crippen molar-refractivity contribution in [2.24, 2.45) is 0 Å². The van der Waals surface area contributed by atoms with Crippen LogP contribution in [0.3, 0.4) is 0 Å². The summed E-state index contributed by atoms with van der Waals surface area (Å²) in [5.41, 5.74) is 2.89. The van der Waals surface area contributed by atoms with Crippen molar-refractivity contribution < 1.29 is 19.1 Å². The van der Waals surface area contributed by atoms with E-state index in [4.69, 9.17) is 4.74 Å². The first kappa shape index (κ1) is 21.2. The Labute approximate surface area is 187 Å². The standard InChI is InChI=1S/C22H21N3O4S2/c1-14-6-8-15(9-7-14)16-13-31-22(23-16)24-19(26)12-29-21(28)17-4-2-10-25(17)20(27)18-5-3-11-30-18/h3,5-9,11,13,17H,2,4,10,12H2,1H3,(H,23,24,26)/t17-/m0/s1.